The van der Waals surface area contributed by atoms with Gasteiger partial charge in [0, 0.05) is 5.92 Å². The van der Waals surface area contributed by atoms with Gasteiger partial charge in [0.05, 0.1) is 13.5 Å². The molecule has 148 valence electrons. The van der Waals surface area contributed by atoms with Crippen LogP contribution in [0.3, 0.4) is 0 Å². The lowest BCUT2D eigenvalue weighted by atomic mass is 9.85. The van der Waals surface area contributed by atoms with Gasteiger partial charge in [-0.1, -0.05) is 72.8 Å². The van der Waals surface area contributed by atoms with Crippen LogP contribution in [0.4, 0.5) is 4.39 Å². The zero-order valence-electron chi connectivity index (χ0n) is 16.0. The molecule has 3 aromatic carbocycles. The van der Waals surface area contributed by atoms with Crippen molar-refractivity contribution in [1.29, 1.82) is 0 Å². The lowest BCUT2D eigenvalue weighted by Crippen LogP contribution is -2.46. The molecule has 0 saturated heterocycles. The Morgan fingerprint density at radius 1 is 0.862 bits per heavy atom. The summed E-state index contributed by atoms with van der Waals surface area (Å²) < 4.78 is 18.1. The molecule has 1 atom stereocenters. The molecule has 0 unspecified atom stereocenters. The minimum absolute atomic E-state index is 0.0318. The molecule has 29 heavy (non-hydrogen) atoms. The average molecular weight is 391 g/mol. The van der Waals surface area contributed by atoms with E-state index < -0.39 is 17.9 Å². The minimum Gasteiger partial charge on any atom is -0.467 e. The first-order valence-electron chi connectivity index (χ1n) is 9.30. The third-order valence-corrected chi connectivity index (χ3v) is 4.70. The van der Waals surface area contributed by atoms with Gasteiger partial charge in [-0.25, -0.2) is 9.18 Å². The lowest BCUT2D eigenvalue weighted by molar-refractivity contribution is -0.145. The molecular formula is C24H22FNO3. The minimum atomic E-state index is -0.905. The van der Waals surface area contributed by atoms with Crippen molar-refractivity contribution in [3.63, 3.8) is 0 Å². The number of halogens is 1. The highest BCUT2D eigenvalue weighted by Crippen LogP contribution is 2.29. The summed E-state index contributed by atoms with van der Waals surface area (Å²) in [5.74, 6) is -1.66. The molecular weight excluding hydrogens is 369 g/mol. The summed E-state index contributed by atoms with van der Waals surface area (Å²) in [6, 6.07) is 23.8. The Morgan fingerprint density at radius 3 is 1.86 bits per heavy atom. The third kappa shape index (κ3) is 5.29. The molecule has 0 aliphatic heterocycles. The van der Waals surface area contributed by atoms with Crippen LogP contribution in [0.15, 0.2) is 84.9 Å². The van der Waals surface area contributed by atoms with E-state index in [0.717, 1.165) is 11.1 Å². The van der Waals surface area contributed by atoms with Gasteiger partial charge in [-0.15, -0.1) is 0 Å². The number of carbonyl (C=O) groups excluding carboxylic acids is 2. The van der Waals surface area contributed by atoms with Crippen LogP contribution in [-0.4, -0.2) is 25.0 Å². The molecule has 0 aliphatic carbocycles. The van der Waals surface area contributed by atoms with Crippen LogP contribution in [-0.2, 0) is 20.7 Å². The van der Waals surface area contributed by atoms with Crippen molar-refractivity contribution in [3.8, 4) is 0 Å². The van der Waals surface area contributed by atoms with Gasteiger partial charge < -0.3 is 10.1 Å². The topological polar surface area (TPSA) is 55.4 Å². The Labute approximate surface area is 169 Å². The Balaban J connectivity index is 1.90. The predicted octanol–water partition coefficient (Wildman–Crippen LogP) is 3.86. The second-order valence-electron chi connectivity index (χ2n) is 6.67. The molecule has 3 rings (SSSR count). The van der Waals surface area contributed by atoms with Crippen molar-refractivity contribution in [2.24, 2.45) is 0 Å². The van der Waals surface area contributed by atoms with Gasteiger partial charge in [0.15, 0.2) is 0 Å². The molecule has 1 N–H and O–H groups in total. The fourth-order valence-corrected chi connectivity index (χ4v) is 3.32. The highest BCUT2D eigenvalue weighted by atomic mass is 19.1. The number of nitrogens with one attached hydrogen (secondary N) is 1. The maximum absolute atomic E-state index is 13.1. The maximum atomic E-state index is 13.1. The van der Waals surface area contributed by atoms with Crippen LogP contribution in [0.25, 0.3) is 0 Å². The number of amides is 1. The number of rotatable bonds is 7. The van der Waals surface area contributed by atoms with Crippen LogP contribution >= 0.6 is 0 Å². The number of hydrogen-bond acceptors (Lipinski definition) is 3. The van der Waals surface area contributed by atoms with E-state index in [1.54, 1.807) is 12.1 Å². The molecule has 5 heteroatoms. The van der Waals surface area contributed by atoms with Crippen molar-refractivity contribution in [1.82, 2.24) is 5.32 Å². The molecule has 0 fully saturated rings. The van der Waals surface area contributed by atoms with Crippen molar-refractivity contribution >= 4 is 11.9 Å². The van der Waals surface area contributed by atoms with E-state index in [-0.39, 0.29) is 18.1 Å². The van der Waals surface area contributed by atoms with Gasteiger partial charge in [0.2, 0.25) is 5.91 Å². The van der Waals surface area contributed by atoms with Crippen molar-refractivity contribution in [2.75, 3.05) is 7.11 Å². The van der Waals surface area contributed by atoms with Crippen LogP contribution in [0.1, 0.15) is 22.6 Å². The number of benzene rings is 3. The number of carbonyl (C=O) groups is 2. The fraction of sp³-hybridized carbons (Fsp3) is 0.167. The fourth-order valence-electron chi connectivity index (χ4n) is 3.32. The molecule has 0 spiro atoms. The first-order chi connectivity index (χ1) is 14.1. The molecule has 0 aromatic heterocycles. The van der Waals surface area contributed by atoms with E-state index in [1.807, 2.05) is 60.7 Å². The van der Waals surface area contributed by atoms with Gasteiger partial charge in [-0.05, 0) is 28.8 Å². The lowest BCUT2D eigenvalue weighted by Gasteiger charge is -2.27. The van der Waals surface area contributed by atoms with Gasteiger partial charge in [0.1, 0.15) is 11.9 Å². The number of methoxy groups -OCH3 is 1. The third-order valence-electron chi connectivity index (χ3n) is 4.70. The monoisotopic (exact) mass is 391 g/mol. The van der Waals surface area contributed by atoms with Crippen molar-refractivity contribution in [2.45, 2.75) is 18.4 Å². The van der Waals surface area contributed by atoms with Crippen molar-refractivity contribution < 1.29 is 18.7 Å². The van der Waals surface area contributed by atoms with Crippen LogP contribution in [0, 0.1) is 5.82 Å². The standard InChI is InChI=1S/C24H22FNO3/c1-29-24(28)23(26-21(27)16-17-12-14-20(25)15-13-17)22(18-8-4-2-5-9-18)19-10-6-3-7-11-19/h2-15,22-23H,16H2,1H3,(H,26,27)/t23-/m0/s1. The van der Waals surface area contributed by atoms with Crippen LogP contribution < -0.4 is 5.32 Å². The molecule has 0 bridgehead atoms. The molecule has 4 nitrogen and oxygen atoms in total. The van der Waals surface area contributed by atoms with Gasteiger partial charge in [-0.3, -0.25) is 4.79 Å². The summed E-state index contributed by atoms with van der Waals surface area (Å²) in [6.07, 6.45) is 0.0318. The van der Waals surface area contributed by atoms with E-state index in [2.05, 4.69) is 5.32 Å². The highest BCUT2D eigenvalue weighted by Gasteiger charge is 2.33. The summed E-state index contributed by atoms with van der Waals surface area (Å²) >= 11 is 0. The second-order valence-corrected chi connectivity index (χ2v) is 6.67. The van der Waals surface area contributed by atoms with Gasteiger partial charge in [0.25, 0.3) is 0 Å². The highest BCUT2D eigenvalue weighted by molar-refractivity contribution is 5.87. The van der Waals surface area contributed by atoms with Crippen LogP contribution in [0.2, 0.25) is 0 Å². The average Bonchev–Trinajstić information content (AvgIpc) is 2.76. The summed E-state index contributed by atoms with van der Waals surface area (Å²) in [5, 5.41) is 2.82. The molecule has 0 heterocycles. The first-order valence-corrected chi connectivity index (χ1v) is 9.30. The van der Waals surface area contributed by atoms with E-state index in [0.29, 0.717) is 5.56 Å². The Morgan fingerprint density at radius 2 is 1.38 bits per heavy atom. The normalized spacial score (nSPS) is 11.7. The Bertz CT molecular complexity index is 903. The van der Waals surface area contributed by atoms with E-state index in [4.69, 9.17) is 4.74 Å². The number of ether oxygens (including phenoxy) is 1. The number of hydrogen-bond donors (Lipinski definition) is 1. The first kappa shape index (κ1) is 20.3. The van der Waals surface area contributed by atoms with Gasteiger partial charge in [-0.2, -0.15) is 0 Å². The summed E-state index contributed by atoms with van der Waals surface area (Å²) in [4.78, 5) is 25.3. The van der Waals surface area contributed by atoms with Crippen molar-refractivity contribution in [3.05, 3.63) is 107 Å². The number of esters is 1. The van der Waals surface area contributed by atoms with Gasteiger partial charge >= 0.3 is 5.97 Å². The zero-order valence-corrected chi connectivity index (χ0v) is 16.0. The van der Waals surface area contributed by atoms with E-state index in [9.17, 15) is 14.0 Å². The summed E-state index contributed by atoms with van der Waals surface area (Å²) in [5.41, 5.74) is 2.43. The quantitative estimate of drug-likeness (QED) is 0.623. The molecule has 1 amide bonds. The molecule has 0 saturated carbocycles. The van der Waals surface area contributed by atoms with E-state index >= 15 is 0 Å². The summed E-state index contributed by atoms with van der Waals surface area (Å²) in [6.45, 7) is 0. The maximum Gasteiger partial charge on any atom is 0.329 e. The predicted molar refractivity (Wildman–Crippen MR) is 109 cm³/mol. The molecule has 3 aromatic rings. The summed E-state index contributed by atoms with van der Waals surface area (Å²) in [7, 11) is 1.30. The second kappa shape index (κ2) is 9.64. The van der Waals surface area contributed by atoms with Crippen LogP contribution in [0.5, 0.6) is 0 Å². The smallest absolute Gasteiger partial charge is 0.329 e. The Hall–Kier alpha value is -3.47. The molecule has 0 radical (unpaired) electrons. The largest absolute Gasteiger partial charge is 0.467 e. The zero-order chi connectivity index (χ0) is 20.6. The van der Waals surface area contributed by atoms with E-state index in [1.165, 1.54) is 19.2 Å². The molecule has 0 aliphatic rings. The Kier molecular flexibility index (Phi) is 6.74. The SMILES string of the molecule is COC(=O)[C@@H](NC(=O)Cc1ccc(F)cc1)C(c1ccccc1)c1ccccc1.